The lowest BCUT2D eigenvalue weighted by molar-refractivity contribution is -0.112. The van der Waals surface area contributed by atoms with Crippen molar-refractivity contribution in [2.24, 2.45) is 5.92 Å². The van der Waals surface area contributed by atoms with Crippen LogP contribution in [0.4, 0.5) is 11.5 Å². The number of fused-ring (bicyclic) bond motifs is 1. The summed E-state index contributed by atoms with van der Waals surface area (Å²) in [6.07, 6.45) is 4.73. The van der Waals surface area contributed by atoms with Crippen molar-refractivity contribution >= 4 is 45.9 Å². The van der Waals surface area contributed by atoms with Crippen molar-refractivity contribution < 1.29 is 19.1 Å². The van der Waals surface area contributed by atoms with E-state index >= 15 is 0 Å². The Morgan fingerprint density at radius 1 is 1.11 bits per heavy atom. The Morgan fingerprint density at radius 3 is 2.62 bits per heavy atom. The number of halogens is 1. The van der Waals surface area contributed by atoms with Crippen molar-refractivity contribution in [2.75, 3.05) is 31.3 Å². The van der Waals surface area contributed by atoms with Crippen molar-refractivity contribution in [1.29, 1.82) is 0 Å². The van der Waals surface area contributed by atoms with Crippen molar-refractivity contribution in [3.05, 3.63) is 50.2 Å². The van der Waals surface area contributed by atoms with Gasteiger partial charge in [-0.1, -0.05) is 12.0 Å². The summed E-state index contributed by atoms with van der Waals surface area (Å²) in [5.41, 5.74) is 4.39. The largest absolute Gasteiger partial charge is 0.381 e. The number of hydrogen-bond donors (Lipinski definition) is 0. The van der Waals surface area contributed by atoms with Crippen LogP contribution in [0.1, 0.15) is 65.2 Å². The lowest BCUT2D eigenvalue weighted by Gasteiger charge is -2.24. The molecule has 0 spiro atoms. The fourth-order valence-electron chi connectivity index (χ4n) is 5.36. The van der Waals surface area contributed by atoms with Gasteiger partial charge >= 0.3 is 5.91 Å². The zero-order valence-electron chi connectivity index (χ0n) is 21.0. The van der Waals surface area contributed by atoms with Crippen molar-refractivity contribution in [3.8, 4) is 11.8 Å². The maximum Gasteiger partial charge on any atom is 0.308 e. The van der Waals surface area contributed by atoms with Gasteiger partial charge in [0.05, 0.1) is 18.3 Å². The van der Waals surface area contributed by atoms with Crippen LogP contribution in [0.5, 0.6) is 0 Å². The van der Waals surface area contributed by atoms with E-state index in [-0.39, 0.29) is 23.8 Å². The molecule has 1 aliphatic carbocycles. The Labute approximate surface area is 231 Å². The van der Waals surface area contributed by atoms with Gasteiger partial charge in [-0.3, -0.25) is 14.5 Å². The summed E-state index contributed by atoms with van der Waals surface area (Å²) in [5, 5.41) is 0. The van der Waals surface area contributed by atoms with Crippen LogP contribution < -0.4 is 4.90 Å². The molecule has 1 aromatic carbocycles. The highest BCUT2D eigenvalue weighted by Gasteiger charge is 2.37. The second-order valence-corrected chi connectivity index (χ2v) is 11.5. The van der Waals surface area contributed by atoms with Gasteiger partial charge in [0.2, 0.25) is 0 Å². The first-order chi connectivity index (χ1) is 18.0. The first kappa shape index (κ1) is 24.8. The van der Waals surface area contributed by atoms with Gasteiger partial charge in [0.25, 0.3) is 5.91 Å². The van der Waals surface area contributed by atoms with Crippen LogP contribution >= 0.6 is 22.6 Å². The molecule has 2 amide bonds. The molecule has 7 nitrogen and oxygen atoms in total. The third-order valence-electron chi connectivity index (χ3n) is 7.72. The second kappa shape index (κ2) is 10.4. The number of benzene rings is 1. The van der Waals surface area contributed by atoms with E-state index in [1.165, 1.54) is 3.57 Å². The molecule has 2 aromatic rings. The van der Waals surface area contributed by atoms with E-state index in [0.717, 1.165) is 54.5 Å². The molecule has 8 heteroatoms. The third kappa shape index (κ3) is 5.01. The number of ether oxygens (including phenoxy) is 2. The Balaban J connectivity index is 1.40. The summed E-state index contributed by atoms with van der Waals surface area (Å²) >= 11 is 2.36. The van der Waals surface area contributed by atoms with Crippen LogP contribution in [0.2, 0.25) is 0 Å². The van der Waals surface area contributed by atoms with Gasteiger partial charge in [0, 0.05) is 41.4 Å². The van der Waals surface area contributed by atoms with Gasteiger partial charge in [0.1, 0.15) is 11.5 Å². The molecule has 192 valence electrons. The number of anilines is 2. The third-order valence-corrected chi connectivity index (χ3v) is 8.88. The van der Waals surface area contributed by atoms with E-state index in [1.54, 1.807) is 4.90 Å². The highest BCUT2D eigenvalue weighted by Crippen LogP contribution is 2.47. The van der Waals surface area contributed by atoms with E-state index in [9.17, 15) is 9.59 Å². The molecule has 4 aliphatic rings. The number of pyridine rings is 1. The normalized spacial score (nSPS) is 21.5. The molecule has 2 saturated heterocycles. The second-order valence-electron chi connectivity index (χ2n) is 10.4. The SMILES string of the molecule is Cc1cc(N(C(=O)C#CC2CCOCC2)c2ccc3c(n2)C(=O)N(C2CCOC2)C3)c(C2CC2)cc1I. The summed E-state index contributed by atoms with van der Waals surface area (Å²) in [7, 11) is 0. The minimum Gasteiger partial charge on any atom is -0.381 e. The Hall–Kier alpha value is -2.48. The first-order valence-electron chi connectivity index (χ1n) is 13.1. The van der Waals surface area contributed by atoms with Gasteiger partial charge < -0.3 is 14.4 Å². The van der Waals surface area contributed by atoms with Gasteiger partial charge in [-0.2, -0.15) is 0 Å². The average Bonchev–Trinajstić information content (AvgIpc) is 3.51. The van der Waals surface area contributed by atoms with Crippen LogP contribution in [-0.2, 0) is 20.8 Å². The summed E-state index contributed by atoms with van der Waals surface area (Å²) in [4.78, 5) is 35.4. The minimum absolute atomic E-state index is 0.0774. The van der Waals surface area contributed by atoms with Gasteiger partial charge in [0.15, 0.2) is 0 Å². The maximum absolute atomic E-state index is 13.8. The van der Waals surface area contributed by atoms with Crippen LogP contribution in [0.3, 0.4) is 0 Å². The highest BCUT2D eigenvalue weighted by atomic mass is 127. The molecule has 6 rings (SSSR count). The summed E-state index contributed by atoms with van der Waals surface area (Å²) in [6, 6.07) is 8.14. The van der Waals surface area contributed by atoms with Crippen molar-refractivity contribution in [1.82, 2.24) is 9.88 Å². The Kier molecular flexibility index (Phi) is 6.95. The summed E-state index contributed by atoms with van der Waals surface area (Å²) in [5.74, 6) is 6.75. The van der Waals surface area contributed by atoms with Crippen LogP contribution in [-0.4, -0.2) is 54.2 Å². The molecule has 0 N–H and O–H groups in total. The fraction of sp³-hybridized carbons (Fsp3) is 0.483. The maximum atomic E-state index is 13.8. The molecular weight excluding hydrogens is 581 g/mol. The molecule has 3 aliphatic heterocycles. The summed E-state index contributed by atoms with van der Waals surface area (Å²) < 4.78 is 12.1. The van der Waals surface area contributed by atoms with E-state index < -0.39 is 0 Å². The lowest BCUT2D eigenvalue weighted by atomic mass is 10.0. The number of carbonyl (C=O) groups is 2. The van der Waals surface area contributed by atoms with E-state index in [1.807, 2.05) is 17.0 Å². The number of amides is 2. The van der Waals surface area contributed by atoms with Gasteiger partial charge in [-0.25, -0.2) is 4.98 Å². The molecule has 37 heavy (non-hydrogen) atoms. The minimum atomic E-state index is -0.312. The van der Waals surface area contributed by atoms with Gasteiger partial charge in [-0.05, 0) is 103 Å². The molecule has 4 heterocycles. The number of hydrogen-bond acceptors (Lipinski definition) is 5. The smallest absolute Gasteiger partial charge is 0.308 e. The predicted octanol–water partition coefficient (Wildman–Crippen LogP) is 4.71. The number of rotatable bonds is 4. The monoisotopic (exact) mass is 611 g/mol. The standard InChI is InChI=1S/C29H30IN3O4/c1-18-14-25(23(15-24(18)30)20-3-4-20)33(27(34)7-2-19-8-11-36-12-9-19)26-6-5-21-16-32(22-10-13-37-17-22)29(35)28(21)31-26/h5-6,14-15,19-20,22H,3-4,8-13,16-17H2,1H3. The molecule has 1 aromatic heterocycles. The molecule has 1 unspecified atom stereocenters. The predicted molar refractivity (Wildman–Crippen MR) is 148 cm³/mol. The summed E-state index contributed by atoms with van der Waals surface area (Å²) in [6.45, 7) is 5.18. The van der Waals surface area contributed by atoms with Crippen LogP contribution in [0.25, 0.3) is 0 Å². The van der Waals surface area contributed by atoms with Crippen molar-refractivity contribution in [2.45, 2.75) is 57.5 Å². The number of nitrogens with zero attached hydrogens (tertiary/aromatic N) is 3. The fourth-order valence-corrected chi connectivity index (χ4v) is 5.86. The Morgan fingerprint density at radius 2 is 1.89 bits per heavy atom. The number of aromatic nitrogens is 1. The van der Waals surface area contributed by atoms with Crippen molar-refractivity contribution in [3.63, 3.8) is 0 Å². The van der Waals surface area contributed by atoms with Crippen LogP contribution in [0.15, 0.2) is 24.3 Å². The quantitative estimate of drug-likeness (QED) is 0.370. The molecule has 1 saturated carbocycles. The molecule has 0 bridgehead atoms. The van der Waals surface area contributed by atoms with E-state index in [2.05, 4.69) is 53.5 Å². The lowest BCUT2D eigenvalue weighted by Crippen LogP contribution is -2.36. The van der Waals surface area contributed by atoms with Crippen LogP contribution in [0, 0.1) is 28.3 Å². The number of carbonyl (C=O) groups excluding carboxylic acids is 2. The van der Waals surface area contributed by atoms with E-state index in [0.29, 0.717) is 50.4 Å². The average molecular weight is 611 g/mol. The molecular formula is C29H30IN3O4. The number of aryl methyl sites for hydroxylation is 1. The molecule has 0 radical (unpaired) electrons. The first-order valence-corrected chi connectivity index (χ1v) is 14.2. The highest BCUT2D eigenvalue weighted by molar-refractivity contribution is 14.1. The zero-order chi connectivity index (χ0) is 25.5. The molecule has 1 atom stereocenters. The Bertz CT molecular complexity index is 1300. The topological polar surface area (TPSA) is 72.0 Å². The zero-order valence-corrected chi connectivity index (χ0v) is 23.1. The van der Waals surface area contributed by atoms with E-state index in [4.69, 9.17) is 14.5 Å². The van der Waals surface area contributed by atoms with Gasteiger partial charge in [-0.15, -0.1) is 0 Å². The molecule has 3 fully saturated rings.